The Bertz CT molecular complexity index is 1330. The van der Waals surface area contributed by atoms with Crippen LogP contribution < -0.4 is 0 Å². The molecular weight excluding hydrogens is 492 g/mol. The molecule has 0 saturated heterocycles. The first kappa shape index (κ1) is 28.3. The van der Waals surface area contributed by atoms with E-state index in [0.29, 0.717) is 37.6 Å². The van der Waals surface area contributed by atoms with E-state index in [1.807, 2.05) is 0 Å². The predicted octanol–water partition coefficient (Wildman–Crippen LogP) is 6.16. The summed E-state index contributed by atoms with van der Waals surface area (Å²) in [5.41, 5.74) is 5.39. The van der Waals surface area contributed by atoms with E-state index in [9.17, 15) is 9.59 Å². The van der Waals surface area contributed by atoms with E-state index < -0.39 is 11.9 Å². The van der Waals surface area contributed by atoms with Crippen LogP contribution in [0, 0.1) is 0 Å². The first-order chi connectivity index (χ1) is 18.8. The first-order valence-electron chi connectivity index (χ1n) is 13.3. The Morgan fingerprint density at radius 2 is 1.15 bits per heavy atom. The van der Waals surface area contributed by atoms with Gasteiger partial charge in [-0.2, -0.15) is 0 Å². The average molecular weight is 529 g/mol. The van der Waals surface area contributed by atoms with E-state index in [2.05, 4.69) is 73.8 Å². The number of ether oxygens (including phenoxy) is 4. The zero-order valence-electron chi connectivity index (χ0n) is 22.8. The van der Waals surface area contributed by atoms with Crippen LogP contribution in [-0.4, -0.2) is 51.6 Å². The van der Waals surface area contributed by atoms with Crippen LogP contribution in [0.15, 0.2) is 85.0 Å². The molecule has 0 amide bonds. The number of hydrogen-bond acceptors (Lipinski definition) is 6. The smallest absolute Gasteiger partial charge is 0.333 e. The van der Waals surface area contributed by atoms with Gasteiger partial charge in [-0.15, -0.1) is 0 Å². The van der Waals surface area contributed by atoms with Crippen molar-refractivity contribution in [1.82, 2.24) is 0 Å². The van der Waals surface area contributed by atoms with Gasteiger partial charge in [0.1, 0.15) is 13.2 Å². The summed E-state index contributed by atoms with van der Waals surface area (Å²) in [7, 11) is 0. The summed E-state index contributed by atoms with van der Waals surface area (Å²) in [5, 5.41) is 2.39. The second-order valence-electron chi connectivity index (χ2n) is 9.93. The van der Waals surface area contributed by atoms with Crippen molar-refractivity contribution in [2.45, 2.75) is 32.1 Å². The van der Waals surface area contributed by atoms with Gasteiger partial charge >= 0.3 is 11.9 Å². The molecule has 6 heteroatoms. The van der Waals surface area contributed by atoms with Crippen LogP contribution >= 0.6 is 0 Å². The van der Waals surface area contributed by atoms with Gasteiger partial charge in [0.05, 0.1) is 13.2 Å². The van der Waals surface area contributed by atoms with Gasteiger partial charge in [0.2, 0.25) is 0 Å². The van der Waals surface area contributed by atoms with Gasteiger partial charge in [0.25, 0.3) is 0 Å². The molecule has 0 bridgehead atoms. The van der Waals surface area contributed by atoms with E-state index in [-0.39, 0.29) is 18.6 Å². The third-order valence-electron chi connectivity index (χ3n) is 7.10. The molecular formula is C33H36O6. The Morgan fingerprint density at radius 3 is 1.72 bits per heavy atom. The van der Waals surface area contributed by atoms with E-state index in [0.717, 1.165) is 12.8 Å². The van der Waals surface area contributed by atoms with E-state index in [1.54, 1.807) is 13.8 Å². The molecule has 0 unspecified atom stereocenters. The minimum absolute atomic E-state index is 0.183. The quantitative estimate of drug-likeness (QED) is 0.142. The maximum atomic E-state index is 11.7. The van der Waals surface area contributed by atoms with Crippen LogP contribution in [0.1, 0.15) is 37.8 Å². The lowest BCUT2D eigenvalue weighted by Gasteiger charge is -2.32. The minimum atomic E-state index is -0.410. The molecule has 0 heterocycles. The van der Waals surface area contributed by atoms with Crippen LogP contribution in [0.4, 0.5) is 0 Å². The molecule has 0 N–H and O–H groups in total. The molecule has 1 aliphatic carbocycles. The summed E-state index contributed by atoms with van der Waals surface area (Å²) in [5.74, 6) is -0.821. The zero-order valence-corrected chi connectivity index (χ0v) is 22.8. The summed E-state index contributed by atoms with van der Waals surface area (Å²) in [6.45, 7) is 12.4. The van der Waals surface area contributed by atoms with Gasteiger partial charge in [-0.3, -0.25) is 0 Å². The molecule has 3 aromatic carbocycles. The highest BCUT2D eigenvalue weighted by Gasteiger charge is 2.42. The number of fused-ring (bicyclic) bond motifs is 4. The van der Waals surface area contributed by atoms with Gasteiger partial charge in [0.15, 0.2) is 0 Å². The lowest BCUT2D eigenvalue weighted by Crippen LogP contribution is -2.29. The summed E-state index contributed by atoms with van der Waals surface area (Å²) >= 11 is 0. The van der Waals surface area contributed by atoms with Crippen LogP contribution in [-0.2, 0) is 34.0 Å². The van der Waals surface area contributed by atoms with Crippen molar-refractivity contribution in [3.05, 3.63) is 96.1 Å². The van der Waals surface area contributed by atoms with Crippen molar-refractivity contribution >= 4 is 22.7 Å². The molecule has 0 aromatic heterocycles. The molecule has 204 valence electrons. The third kappa shape index (κ3) is 6.47. The van der Waals surface area contributed by atoms with Gasteiger partial charge in [-0.05, 0) is 71.8 Å². The summed E-state index contributed by atoms with van der Waals surface area (Å²) in [6.07, 6.45) is 1.47. The molecule has 39 heavy (non-hydrogen) atoms. The zero-order chi connectivity index (χ0) is 27.8. The molecule has 0 spiro atoms. The van der Waals surface area contributed by atoms with Crippen molar-refractivity contribution in [2.75, 3.05) is 39.6 Å². The summed E-state index contributed by atoms with van der Waals surface area (Å²) in [6, 6.07) is 21.5. The van der Waals surface area contributed by atoms with Crippen molar-refractivity contribution < 1.29 is 28.5 Å². The van der Waals surface area contributed by atoms with Crippen molar-refractivity contribution in [3.63, 3.8) is 0 Å². The monoisotopic (exact) mass is 528 g/mol. The number of carbonyl (C=O) groups excluding carboxylic acids is 2. The molecule has 0 atom stereocenters. The highest BCUT2D eigenvalue weighted by atomic mass is 16.6. The molecule has 0 radical (unpaired) electrons. The van der Waals surface area contributed by atoms with Gasteiger partial charge in [-0.25, -0.2) is 9.59 Å². The number of rotatable bonds is 14. The van der Waals surface area contributed by atoms with Crippen molar-refractivity contribution in [2.24, 2.45) is 0 Å². The largest absolute Gasteiger partial charge is 0.460 e. The average Bonchev–Trinajstić information content (AvgIpc) is 3.19. The van der Waals surface area contributed by atoms with Crippen LogP contribution in [0.3, 0.4) is 0 Å². The second kappa shape index (κ2) is 12.9. The van der Waals surface area contributed by atoms with Crippen LogP contribution in [0.25, 0.3) is 21.9 Å². The highest BCUT2D eigenvalue weighted by Crippen LogP contribution is 2.53. The third-order valence-corrected chi connectivity index (χ3v) is 7.10. The maximum Gasteiger partial charge on any atom is 0.333 e. The number of esters is 2. The van der Waals surface area contributed by atoms with E-state index in [1.165, 1.54) is 33.0 Å². The Labute approximate surface area is 230 Å². The van der Waals surface area contributed by atoms with E-state index >= 15 is 0 Å². The van der Waals surface area contributed by atoms with Gasteiger partial charge in [0, 0.05) is 29.8 Å². The summed E-state index contributed by atoms with van der Waals surface area (Å²) < 4.78 is 22.2. The number of benzene rings is 3. The van der Waals surface area contributed by atoms with Crippen LogP contribution in [0.5, 0.6) is 0 Å². The molecule has 0 fully saturated rings. The molecule has 4 rings (SSSR count). The fraction of sp³-hybridized carbons (Fsp3) is 0.333. The van der Waals surface area contributed by atoms with Crippen molar-refractivity contribution in [1.29, 1.82) is 0 Å². The second-order valence-corrected chi connectivity index (χ2v) is 9.93. The number of carbonyl (C=O) groups is 2. The lowest BCUT2D eigenvalue weighted by molar-refractivity contribution is -0.141. The molecule has 0 aliphatic heterocycles. The Balaban J connectivity index is 1.53. The van der Waals surface area contributed by atoms with Crippen molar-refractivity contribution in [3.8, 4) is 11.1 Å². The summed E-state index contributed by atoms with van der Waals surface area (Å²) in [4.78, 5) is 23.3. The molecule has 1 aliphatic rings. The minimum Gasteiger partial charge on any atom is -0.460 e. The number of hydrogen-bond donors (Lipinski definition) is 0. The van der Waals surface area contributed by atoms with Crippen LogP contribution in [0.2, 0.25) is 0 Å². The highest BCUT2D eigenvalue weighted by molar-refractivity contribution is 5.93. The molecule has 3 aromatic rings. The van der Waals surface area contributed by atoms with Gasteiger partial charge in [-0.1, -0.05) is 61.7 Å². The molecule has 6 nitrogen and oxygen atoms in total. The lowest BCUT2D eigenvalue weighted by atomic mass is 9.73. The first-order valence-corrected chi connectivity index (χ1v) is 13.3. The normalized spacial score (nSPS) is 13.0. The van der Waals surface area contributed by atoms with E-state index in [4.69, 9.17) is 18.9 Å². The predicted molar refractivity (Wildman–Crippen MR) is 153 cm³/mol. The fourth-order valence-corrected chi connectivity index (χ4v) is 5.13. The molecule has 0 saturated carbocycles. The standard InChI is InChI=1S/C33H36O6/c1-23(2)31(34)38-19-17-36-15-13-33(14-16-37-18-20-39-32(35)24(3)4)29-12-8-7-11-27(29)28-21-25-9-5-6-10-26(25)22-30(28)33/h5-12,21-22H,1,3,13-20H2,2,4H3. The maximum absolute atomic E-state index is 11.7. The Morgan fingerprint density at radius 1 is 0.641 bits per heavy atom. The topological polar surface area (TPSA) is 71.1 Å². The SMILES string of the molecule is C=C(C)C(=O)OCCOCCC1(CCOCCOC(=O)C(=C)C)c2ccccc2-c2cc3ccccc3cc21. The Kier molecular flexibility index (Phi) is 9.33. The van der Waals surface area contributed by atoms with Gasteiger partial charge < -0.3 is 18.9 Å². The fourth-order valence-electron chi connectivity index (χ4n) is 5.13. The Hall–Kier alpha value is -3.74.